The lowest BCUT2D eigenvalue weighted by Gasteiger charge is -2.29. The third-order valence-corrected chi connectivity index (χ3v) is 2.71. The Bertz CT molecular complexity index is 457. The maximum absolute atomic E-state index is 5.88. The van der Waals surface area contributed by atoms with Crippen LogP contribution in [-0.4, -0.2) is 11.7 Å². The summed E-state index contributed by atoms with van der Waals surface area (Å²) in [6.45, 7) is 0. The van der Waals surface area contributed by atoms with E-state index < -0.39 is 5.66 Å². The van der Waals surface area contributed by atoms with Crippen LogP contribution in [0.2, 0.25) is 0 Å². The van der Waals surface area contributed by atoms with E-state index >= 15 is 0 Å². The molecule has 0 saturated heterocycles. The SMILES string of the molecule is Cl.Cl.Cl.Cl.Nc1ccc(C2=CC(N)(N)C(N)C=C2)cc1. The molecule has 0 heterocycles. The first-order chi connectivity index (χ1) is 7.49. The monoisotopic (exact) mass is 360 g/mol. The molecule has 1 aromatic carbocycles. The fourth-order valence-corrected chi connectivity index (χ4v) is 1.64. The molecule has 0 spiro atoms. The lowest BCUT2D eigenvalue weighted by atomic mass is 9.90. The number of hydrogen-bond donors (Lipinski definition) is 4. The molecule has 116 valence electrons. The van der Waals surface area contributed by atoms with Crippen LogP contribution in [0.3, 0.4) is 0 Å². The van der Waals surface area contributed by atoms with Crippen molar-refractivity contribution in [3.63, 3.8) is 0 Å². The van der Waals surface area contributed by atoms with Crippen LogP contribution in [0, 0.1) is 0 Å². The molecular formula is C12H20Cl4N4. The molecule has 8 N–H and O–H groups in total. The summed E-state index contributed by atoms with van der Waals surface area (Å²) in [6.07, 6.45) is 5.52. The quantitative estimate of drug-likeness (QED) is 0.452. The van der Waals surface area contributed by atoms with Crippen molar-refractivity contribution < 1.29 is 0 Å². The Labute approximate surface area is 143 Å². The number of anilines is 1. The van der Waals surface area contributed by atoms with Gasteiger partial charge in [0.1, 0.15) is 5.66 Å². The van der Waals surface area contributed by atoms with Gasteiger partial charge in [0.05, 0.1) is 6.04 Å². The molecule has 1 atom stereocenters. The minimum Gasteiger partial charge on any atom is -0.399 e. The van der Waals surface area contributed by atoms with Gasteiger partial charge in [-0.05, 0) is 29.3 Å². The maximum atomic E-state index is 5.88. The number of benzene rings is 1. The van der Waals surface area contributed by atoms with Crippen LogP contribution in [0.25, 0.3) is 5.57 Å². The molecule has 20 heavy (non-hydrogen) atoms. The van der Waals surface area contributed by atoms with Crippen molar-refractivity contribution in [1.29, 1.82) is 0 Å². The number of nitrogens with two attached hydrogens (primary N) is 4. The van der Waals surface area contributed by atoms with E-state index in [-0.39, 0.29) is 55.7 Å². The molecule has 1 unspecified atom stereocenters. The van der Waals surface area contributed by atoms with Gasteiger partial charge in [0.2, 0.25) is 0 Å². The highest BCUT2D eigenvalue weighted by Crippen LogP contribution is 2.23. The molecule has 0 aliphatic heterocycles. The molecule has 1 aliphatic rings. The molecular weight excluding hydrogens is 342 g/mol. The van der Waals surface area contributed by atoms with Crippen molar-refractivity contribution in [2.24, 2.45) is 17.2 Å². The second kappa shape index (κ2) is 9.47. The summed E-state index contributed by atoms with van der Waals surface area (Å²) in [5.41, 5.74) is 24.9. The Morgan fingerprint density at radius 1 is 0.900 bits per heavy atom. The maximum Gasteiger partial charge on any atom is 0.103 e. The van der Waals surface area contributed by atoms with Crippen molar-refractivity contribution in [1.82, 2.24) is 0 Å². The van der Waals surface area contributed by atoms with E-state index in [9.17, 15) is 0 Å². The molecule has 1 aliphatic carbocycles. The first kappa shape index (κ1) is 24.6. The third-order valence-electron chi connectivity index (χ3n) is 2.71. The van der Waals surface area contributed by atoms with Gasteiger partial charge in [-0.15, -0.1) is 49.6 Å². The fraction of sp³-hybridized carbons (Fsp3) is 0.167. The molecule has 0 aromatic heterocycles. The molecule has 1 aromatic rings. The number of rotatable bonds is 1. The lowest BCUT2D eigenvalue weighted by Crippen LogP contribution is -2.61. The first-order valence-electron chi connectivity index (χ1n) is 5.09. The summed E-state index contributed by atoms with van der Waals surface area (Å²) in [5, 5.41) is 0. The molecule has 8 heteroatoms. The van der Waals surface area contributed by atoms with E-state index in [1.54, 1.807) is 6.08 Å². The Morgan fingerprint density at radius 3 is 1.85 bits per heavy atom. The standard InChI is InChI=1S/C12H16N4.4ClH/c13-10-4-1-8(2-5-10)9-3-6-11(14)12(15,16)7-9;;;;/h1-7,11H,13-16H2;4*1H. The van der Waals surface area contributed by atoms with Gasteiger partial charge < -0.3 is 22.9 Å². The van der Waals surface area contributed by atoms with Crippen molar-refractivity contribution in [3.8, 4) is 0 Å². The van der Waals surface area contributed by atoms with Crippen LogP contribution < -0.4 is 22.9 Å². The molecule has 2 rings (SSSR count). The summed E-state index contributed by atoms with van der Waals surface area (Å²) < 4.78 is 0. The summed E-state index contributed by atoms with van der Waals surface area (Å²) in [5.74, 6) is 0. The molecule has 0 amide bonds. The number of allylic oxidation sites excluding steroid dienone is 2. The second-order valence-electron chi connectivity index (χ2n) is 4.11. The summed E-state index contributed by atoms with van der Waals surface area (Å²) >= 11 is 0. The molecule has 4 nitrogen and oxygen atoms in total. The summed E-state index contributed by atoms with van der Waals surface area (Å²) in [7, 11) is 0. The van der Waals surface area contributed by atoms with Crippen LogP contribution in [0.1, 0.15) is 5.56 Å². The zero-order valence-electron chi connectivity index (χ0n) is 10.6. The van der Waals surface area contributed by atoms with E-state index in [1.165, 1.54) is 0 Å². The van der Waals surface area contributed by atoms with Gasteiger partial charge in [-0.1, -0.05) is 24.3 Å². The van der Waals surface area contributed by atoms with Crippen LogP contribution >= 0.6 is 49.6 Å². The first-order valence-corrected chi connectivity index (χ1v) is 5.09. The second-order valence-corrected chi connectivity index (χ2v) is 4.11. The van der Waals surface area contributed by atoms with E-state index in [1.807, 2.05) is 36.4 Å². The fourth-order valence-electron chi connectivity index (χ4n) is 1.64. The van der Waals surface area contributed by atoms with E-state index in [2.05, 4.69) is 0 Å². The summed E-state index contributed by atoms with van der Waals surface area (Å²) in [4.78, 5) is 0. The number of halogens is 4. The predicted octanol–water partition coefficient (Wildman–Crippen LogP) is 1.85. The van der Waals surface area contributed by atoms with Gasteiger partial charge in [0.15, 0.2) is 0 Å². The Kier molecular flexibility index (Phi) is 11.6. The van der Waals surface area contributed by atoms with Crippen molar-refractivity contribution in [3.05, 3.63) is 48.1 Å². The third kappa shape index (κ3) is 5.50. The number of nitrogen functional groups attached to an aromatic ring is 1. The zero-order chi connectivity index (χ0) is 11.8. The molecule has 0 radical (unpaired) electrons. The Morgan fingerprint density at radius 2 is 1.40 bits per heavy atom. The van der Waals surface area contributed by atoms with Gasteiger partial charge in [-0.2, -0.15) is 0 Å². The van der Waals surface area contributed by atoms with E-state index in [4.69, 9.17) is 22.9 Å². The van der Waals surface area contributed by atoms with Crippen LogP contribution in [-0.2, 0) is 0 Å². The summed E-state index contributed by atoms with van der Waals surface area (Å²) in [6, 6.07) is 7.18. The van der Waals surface area contributed by atoms with E-state index in [0.717, 1.165) is 16.8 Å². The average molecular weight is 362 g/mol. The highest BCUT2D eigenvalue weighted by atomic mass is 35.5. The van der Waals surface area contributed by atoms with E-state index in [0.29, 0.717) is 0 Å². The Balaban J connectivity index is -0.000000722. The predicted molar refractivity (Wildman–Crippen MR) is 96.0 cm³/mol. The zero-order valence-corrected chi connectivity index (χ0v) is 13.8. The van der Waals surface area contributed by atoms with Crippen LogP contribution in [0.5, 0.6) is 0 Å². The lowest BCUT2D eigenvalue weighted by molar-refractivity contribution is 0.490. The molecule has 0 fully saturated rings. The van der Waals surface area contributed by atoms with Crippen LogP contribution in [0.4, 0.5) is 5.69 Å². The van der Waals surface area contributed by atoms with Crippen molar-refractivity contribution >= 4 is 60.9 Å². The van der Waals surface area contributed by atoms with Gasteiger partial charge in [0, 0.05) is 5.69 Å². The minimum absolute atomic E-state index is 0. The number of hydrogen-bond acceptors (Lipinski definition) is 4. The average Bonchev–Trinajstić information content (AvgIpc) is 2.23. The topological polar surface area (TPSA) is 104 Å². The van der Waals surface area contributed by atoms with Gasteiger partial charge >= 0.3 is 0 Å². The normalized spacial score (nSPS) is 18.4. The van der Waals surface area contributed by atoms with Gasteiger partial charge in [-0.25, -0.2) is 0 Å². The van der Waals surface area contributed by atoms with Crippen molar-refractivity contribution in [2.45, 2.75) is 11.7 Å². The molecule has 0 saturated carbocycles. The van der Waals surface area contributed by atoms with Crippen molar-refractivity contribution in [2.75, 3.05) is 5.73 Å². The van der Waals surface area contributed by atoms with Crippen LogP contribution in [0.15, 0.2) is 42.5 Å². The largest absolute Gasteiger partial charge is 0.399 e. The minimum atomic E-state index is -0.995. The highest BCUT2D eigenvalue weighted by molar-refractivity contribution is 5.86. The smallest absolute Gasteiger partial charge is 0.103 e. The molecule has 0 bridgehead atoms. The Hall–Kier alpha value is -0.460. The van der Waals surface area contributed by atoms with Gasteiger partial charge in [0.25, 0.3) is 0 Å². The highest BCUT2D eigenvalue weighted by Gasteiger charge is 2.26. The van der Waals surface area contributed by atoms with Gasteiger partial charge in [-0.3, -0.25) is 0 Å².